The van der Waals surface area contributed by atoms with Crippen LogP contribution in [0.15, 0.2) is 17.8 Å². The molecule has 0 unspecified atom stereocenters. The zero-order chi connectivity index (χ0) is 17.0. The number of thiocarbonyl (C=S) groups is 1. The molecule has 1 N–H and O–H groups in total. The van der Waals surface area contributed by atoms with Crippen molar-refractivity contribution in [1.82, 2.24) is 10.2 Å². The van der Waals surface area contributed by atoms with Gasteiger partial charge in [0.05, 0.1) is 13.7 Å². The van der Waals surface area contributed by atoms with Crippen LogP contribution in [0.2, 0.25) is 0 Å². The Kier molecular flexibility index (Phi) is 5.60. The molecule has 0 bridgehead atoms. The molecule has 1 saturated heterocycles. The lowest BCUT2D eigenvalue weighted by molar-refractivity contribution is -0.122. The van der Waals surface area contributed by atoms with Gasteiger partial charge < -0.3 is 14.8 Å². The number of carbonyl (C=O) groups is 1. The summed E-state index contributed by atoms with van der Waals surface area (Å²) in [4.78, 5) is 14.0. The van der Waals surface area contributed by atoms with Crippen molar-refractivity contribution < 1.29 is 14.3 Å². The molecular weight excluding hydrogens is 312 g/mol. The Morgan fingerprint density at radius 1 is 1.30 bits per heavy atom. The van der Waals surface area contributed by atoms with Crippen molar-refractivity contribution in [1.29, 1.82) is 0 Å². The van der Waals surface area contributed by atoms with E-state index in [1.807, 2.05) is 39.0 Å². The van der Waals surface area contributed by atoms with Crippen LogP contribution in [0.1, 0.15) is 31.4 Å². The molecule has 1 aromatic rings. The van der Waals surface area contributed by atoms with E-state index in [1.54, 1.807) is 12.0 Å². The van der Waals surface area contributed by atoms with Crippen molar-refractivity contribution in [3.05, 3.63) is 29.0 Å². The fraction of sp³-hybridized carbons (Fsp3) is 0.412. The molecule has 5 nitrogen and oxygen atoms in total. The second-order valence-electron chi connectivity index (χ2n) is 5.24. The summed E-state index contributed by atoms with van der Waals surface area (Å²) in [6, 6.07) is 3.78. The molecule has 1 heterocycles. The summed E-state index contributed by atoms with van der Waals surface area (Å²) in [6.45, 7) is 7.06. The van der Waals surface area contributed by atoms with Gasteiger partial charge in [-0.15, -0.1) is 0 Å². The minimum atomic E-state index is -0.0926. The van der Waals surface area contributed by atoms with Gasteiger partial charge in [-0.25, -0.2) is 0 Å². The lowest BCUT2D eigenvalue weighted by Crippen LogP contribution is -2.31. The van der Waals surface area contributed by atoms with E-state index < -0.39 is 0 Å². The van der Waals surface area contributed by atoms with Gasteiger partial charge in [-0.05, 0) is 61.8 Å². The highest BCUT2D eigenvalue weighted by atomic mass is 32.1. The van der Waals surface area contributed by atoms with Crippen molar-refractivity contribution in [2.24, 2.45) is 0 Å². The Morgan fingerprint density at radius 2 is 2.04 bits per heavy atom. The number of methoxy groups -OCH3 is 1. The fourth-order valence-electron chi connectivity index (χ4n) is 2.41. The summed E-state index contributed by atoms with van der Waals surface area (Å²) in [6.07, 6.45) is 2.67. The van der Waals surface area contributed by atoms with E-state index in [0.29, 0.717) is 35.5 Å². The predicted molar refractivity (Wildman–Crippen MR) is 94.6 cm³/mol. The molecule has 2 rings (SSSR count). The molecule has 1 aliphatic heterocycles. The van der Waals surface area contributed by atoms with Crippen LogP contribution in [0.5, 0.6) is 11.5 Å². The molecule has 1 aromatic carbocycles. The molecule has 0 spiro atoms. The van der Waals surface area contributed by atoms with Crippen LogP contribution in [0, 0.1) is 6.92 Å². The van der Waals surface area contributed by atoms with Crippen molar-refractivity contribution in [2.75, 3.05) is 20.3 Å². The van der Waals surface area contributed by atoms with Crippen LogP contribution in [0.4, 0.5) is 0 Å². The first-order chi connectivity index (χ1) is 11.0. The molecule has 1 amide bonds. The van der Waals surface area contributed by atoms with E-state index >= 15 is 0 Å². The number of amides is 1. The van der Waals surface area contributed by atoms with Crippen LogP contribution in [-0.4, -0.2) is 36.2 Å². The molecule has 1 aliphatic rings. The van der Waals surface area contributed by atoms with Crippen molar-refractivity contribution in [2.45, 2.75) is 27.2 Å². The Balaban J connectivity index is 2.37. The van der Waals surface area contributed by atoms with Crippen molar-refractivity contribution in [3.8, 4) is 11.5 Å². The van der Waals surface area contributed by atoms with E-state index in [1.165, 1.54) is 0 Å². The molecule has 0 aliphatic carbocycles. The van der Waals surface area contributed by atoms with Crippen molar-refractivity contribution >= 4 is 29.3 Å². The number of carbonyl (C=O) groups excluding carboxylic acids is 1. The molecule has 0 saturated carbocycles. The number of nitrogens with zero attached hydrogens (tertiary/aromatic N) is 1. The van der Waals surface area contributed by atoms with Crippen LogP contribution in [0.25, 0.3) is 6.08 Å². The first-order valence-corrected chi connectivity index (χ1v) is 8.08. The number of ether oxygens (including phenoxy) is 2. The van der Waals surface area contributed by atoms with Gasteiger partial charge in [0.25, 0.3) is 5.91 Å². The van der Waals surface area contributed by atoms with Gasteiger partial charge in [-0.3, -0.25) is 9.69 Å². The Morgan fingerprint density at radius 3 is 2.65 bits per heavy atom. The monoisotopic (exact) mass is 334 g/mol. The average Bonchev–Trinajstić information content (AvgIpc) is 2.78. The third-order valence-corrected chi connectivity index (χ3v) is 3.88. The van der Waals surface area contributed by atoms with Gasteiger partial charge in [-0.1, -0.05) is 6.92 Å². The third-order valence-electron chi connectivity index (χ3n) is 3.56. The fourth-order valence-corrected chi connectivity index (χ4v) is 2.70. The highest BCUT2D eigenvalue weighted by molar-refractivity contribution is 7.80. The molecule has 0 atom stereocenters. The number of benzene rings is 1. The van der Waals surface area contributed by atoms with Crippen molar-refractivity contribution in [3.63, 3.8) is 0 Å². The topological polar surface area (TPSA) is 50.8 Å². The minimum absolute atomic E-state index is 0.0926. The smallest absolute Gasteiger partial charge is 0.276 e. The highest BCUT2D eigenvalue weighted by Crippen LogP contribution is 2.32. The van der Waals surface area contributed by atoms with E-state index in [4.69, 9.17) is 21.7 Å². The quantitative estimate of drug-likeness (QED) is 0.640. The van der Waals surface area contributed by atoms with Crippen LogP contribution in [-0.2, 0) is 4.79 Å². The second kappa shape index (κ2) is 7.46. The van der Waals surface area contributed by atoms with Gasteiger partial charge in [0.2, 0.25) is 0 Å². The zero-order valence-corrected chi connectivity index (χ0v) is 14.8. The standard InChI is InChI=1S/C17H22N2O3S/c1-5-7-19-16(20)13(18-17(19)23)9-12-10-15(22-6-2)14(21-4)8-11(12)3/h8-10H,5-7H2,1-4H3,(H,18,23)/b13-9-. The van der Waals surface area contributed by atoms with Crippen LogP contribution < -0.4 is 14.8 Å². The largest absolute Gasteiger partial charge is 0.493 e. The van der Waals surface area contributed by atoms with Crippen LogP contribution in [0.3, 0.4) is 0 Å². The van der Waals surface area contributed by atoms with Gasteiger partial charge in [0.15, 0.2) is 16.6 Å². The summed E-state index contributed by atoms with van der Waals surface area (Å²) < 4.78 is 10.9. The summed E-state index contributed by atoms with van der Waals surface area (Å²) in [5.41, 5.74) is 2.37. The number of rotatable bonds is 6. The maximum absolute atomic E-state index is 12.4. The molecule has 23 heavy (non-hydrogen) atoms. The van der Waals surface area contributed by atoms with E-state index in [0.717, 1.165) is 17.5 Å². The first-order valence-electron chi connectivity index (χ1n) is 7.67. The number of aryl methyl sites for hydroxylation is 1. The Bertz CT molecular complexity index is 655. The molecule has 6 heteroatoms. The average molecular weight is 334 g/mol. The van der Waals surface area contributed by atoms with E-state index in [-0.39, 0.29) is 5.91 Å². The molecular formula is C17H22N2O3S. The molecule has 124 valence electrons. The number of nitrogens with one attached hydrogen (secondary N) is 1. The number of hydrogen-bond acceptors (Lipinski definition) is 4. The lowest BCUT2D eigenvalue weighted by Gasteiger charge is -2.12. The highest BCUT2D eigenvalue weighted by Gasteiger charge is 2.29. The maximum atomic E-state index is 12.4. The second-order valence-corrected chi connectivity index (χ2v) is 5.62. The summed E-state index contributed by atoms with van der Waals surface area (Å²) >= 11 is 5.22. The van der Waals surface area contributed by atoms with Gasteiger partial charge in [0, 0.05) is 6.54 Å². The summed E-state index contributed by atoms with van der Waals surface area (Å²) in [5, 5.41) is 3.45. The zero-order valence-electron chi connectivity index (χ0n) is 13.9. The maximum Gasteiger partial charge on any atom is 0.276 e. The normalized spacial score (nSPS) is 16.0. The predicted octanol–water partition coefficient (Wildman–Crippen LogP) is 2.87. The van der Waals surface area contributed by atoms with E-state index in [9.17, 15) is 4.79 Å². The van der Waals surface area contributed by atoms with Gasteiger partial charge in [-0.2, -0.15) is 0 Å². The van der Waals surface area contributed by atoms with Crippen LogP contribution >= 0.6 is 12.2 Å². The minimum Gasteiger partial charge on any atom is -0.493 e. The summed E-state index contributed by atoms with van der Waals surface area (Å²) in [5.74, 6) is 1.25. The lowest BCUT2D eigenvalue weighted by atomic mass is 10.1. The number of hydrogen-bond donors (Lipinski definition) is 1. The first kappa shape index (κ1) is 17.3. The Hall–Kier alpha value is -2.08. The third kappa shape index (κ3) is 3.64. The van der Waals surface area contributed by atoms with Gasteiger partial charge >= 0.3 is 0 Å². The molecule has 0 radical (unpaired) electrons. The molecule has 0 aromatic heterocycles. The Labute approximate surface area is 142 Å². The van der Waals surface area contributed by atoms with Gasteiger partial charge in [0.1, 0.15) is 5.70 Å². The summed E-state index contributed by atoms with van der Waals surface area (Å²) in [7, 11) is 1.61. The SMILES string of the molecule is CCCN1C(=O)/C(=C/c2cc(OCC)c(OC)cc2C)NC1=S. The molecule has 1 fully saturated rings. The van der Waals surface area contributed by atoms with E-state index in [2.05, 4.69) is 5.32 Å².